The molecule has 17 heavy (non-hydrogen) atoms. The number of nitrogens with zero attached hydrogens (tertiary/aromatic N) is 2. The summed E-state index contributed by atoms with van der Waals surface area (Å²) >= 11 is 5.70. The molecule has 2 atom stereocenters. The first-order valence-electron chi connectivity index (χ1n) is 5.76. The Labute approximate surface area is 106 Å². The number of halogens is 1. The Morgan fingerprint density at radius 1 is 1.24 bits per heavy atom. The number of hydrogen-bond acceptors (Lipinski definition) is 3. The van der Waals surface area contributed by atoms with Crippen molar-refractivity contribution in [2.75, 3.05) is 0 Å². The molecule has 1 heterocycles. The van der Waals surface area contributed by atoms with Gasteiger partial charge >= 0.3 is 5.35 Å². The van der Waals surface area contributed by atoms with Gasteiger partial charge in [0.05, 0.1) is 5.92 Å². The minimum atomic E-state index is 0.101. The van der Waals surface area contributed by atoms with Crippen molar-refractivity contribution in [2.24, 2.45) is 5.92 Å². The summed E-state index contributed by atoms with van der Waals surface area (Å²) in [5, 5.41) is 7.84. The normalized spacial score (nSPS) is 14.5. The van der Waals surface area contributed by atoms with Crippen molar-refractivity contribution in [1.82, 2.24) is 10.2 Å². The zero-order chi connectivity index (χ0) is 12.3. The molecule has 0 N–H and O–H groups in total. The molecule has 4 heteroatoms. The average molecular weight is 251 g/mol. The highest BCUT2D eigenvalue weighted by atomic mass is 35.5. The number of aromatic nitrogens is 2. The van der Waals surface area contributed by atoms with Crippen molar-refractivity contribution in [2.45, 2.75) is 26.2 Å². The van der Waals surface area contributed by atoms with Crippen molar-refractivity contribution < 1.29 is 4.42 Å². The van der Waals surface area contributed by atoms with E-state index in [-0.39, 0.29) is 11.3 Å². The standard InChI is InChI=1S/C13H15ClN2O/c1-3-9(2)11(10-7-5-4-6-8-10)12-15-16-13(14)17-12/h4-9,11H,3H2,1-2H3. The van der Waals surface area contributed by atoms with E-state index in [1.54, 1.807) is 0 Å². The first-order chi connectivity index (χ1) is 8.22. The SMILES string of the molecule is CCC(C)C(c1ccccc1)c1nnc(Cl)o1. The van der Waals surface area contributed by atoms with Gasteiger partial charge < -0.3 is 4.42 Å². The lowest BCUT2D eigenvalue weighted by Crippen LogP contribution is -2.11. The lowest BCUT2D eigenvalue weighted by Gasteiger charge is -2.19. The molecular weight excluding hydrogens is 236 g/mol. The van der Waals surface area contributed by atoms with Crippen LogP contribution >= 0.6 is 11.6 Å². The fraction of sp³-hybridized carbons (Fsp3) is 0.385. The molecule has 0 fully saturated rings. The van der Waals surface area contributed by atoms with E-state index in [2.05, 4.69) is 36.2 Å². The lowest BCUT2D eigenvalue weighted by molar-refractivity contribution is 0.394. The fourth-order valence-corrected chi connectivity index (χ4v) is 2.07. The van der Waals surface area contributed by atoms with Crippen LogP contribution in [0, 0.1) is 5.92 Å². The second-order valence-corrected chi connectivity index (χ2v) is 4.49. The van der Waals surface area contributed by atoms with E-state index in [9.17, 15) is 0 Å². The quantitative estimate of drug-likeness (QED) is 0.826. The second kappa shape index (κ2) is 5.32. The van der Waals surface area contributed by atoms with Crippen molar-refractivity contribution in [1.29, 1.82) is 0 Å². The maximum absolute atomic E-state index is 5.70. The van der Waals surface area contributed by atoms with Crippen LogP contribution in [-0.4, -0.2) is 10.2 Å². The highest BCUT2D eigenvalue weighted by molar-refractivity contribution is 6.27. The summed E-state index contributed by atoms with van der Waals surface area (Å²) in [6.07, 6.45) is 1.04. The van der Waals surface area contributed by atoms with Gasteiger partial charge in [-0.1, -0.05) is 55.7 Å². The fourth-order valence-electron chi connectivity index (χ4n) is 1.95. The lowest BCUT2D eigenvalue weighted by atomic mass is 9.85. The highest BCUT2D eigenvalue weighted by Crippen LogP contribution is 2.33. The van der Waals surface area contributed by atoms with Gasteiger partial charge in [0.2, 0.25) is 5.89 Å². The molecule has 0 radical (unpaired) electrons. The second-order valence-electron chi connectivity index (χ2n) is 4.17. The number of hydrogen-bond donors (Lipinski definition) is 0. The molecule has 1 aromatic heterocycles. The predicted octanol–water partition coefficient (Wildman–Crippen LogP) is 3.90. The smallest absolute Gasteiger partial charge is 0.312 e. The van der Waals surface area contributed by atoms with Crippen molar-refractivity contribution in [3.05, 3.63) is 47.1 Å². The summed E-state index contributed by atoms with van der Waals surface area (Å²) in [6.45, 7) is 4.33. The van der Waals surface area contributed by atoms with Gasteiger partial charge in [0.1, 0.15) is 0 Å². The average Bonchev–Trinajstić information content (AvgIpc) is 2.77. The van der Waals surface area contributed by atoms with Gasteiger partial charge in [-0.05, 0) is 23.1 Å². The third-order valence-corrected chi connectivity index (χ3v) is 3.21. The molecule has 0 aliphatic rings. The topological polar surface area (TPSA) is 38.9 Å². The molecule has 0 bridgehead atoms. The number of rotatable bonds is 4. The Morgan fingerprint density at radius 2 is 1.94 bits per heavy atom. The van der Waals surface area contributed by atoms with Gasteiger partial charge in [-0.15, -0.1) is 5.10 Å². The van der Waals surface area contributed by atoms with Crippen LogP contribution < -0.4 is 0 Å². The van der Waals surface area contributed by atoms with Crippen LogP contribution in [0.4, 0.5) is 0 Å². The summed E-state index contributed by atoms with van der Waals surface area (Å²) in [5.74, 6) is 1.13. The van der Waals surface area contributed by atoms with Crippen LogP contribution in [0.3, 0.4) is 0 Å². The Kier molecular flexibility index (Phi) is 3.79. The van der Waals surface area contributed by atoms with Crippen LogP contribution in [0.25, 0.3) is 0 Å². The van der Waals surface area contributed by atoms with Gasteiger partial charge in [-0.3, -0.25) is 0 Å². The third kappa shape index (κ3) is 2.67. The van der Waals surface area contributed by atoms with E-state index < -0.39 is 0 Å². The van der Waals surface area contributed by atoms with E-state index in [0.717, 1.165) is 6.42 Å². The minimum Gasteiger partial charge on any atom is -0.411 e. The van der Waals surface area contributed by atoms with E-state index in [0.29, 0.717) is 11.8 Å². The Bertz CT molecular complexity index is 469. The predicted molar refractivity (Wildman–Crippen MR) is 67.0 cm³/mol. The first-order valence-corrected chi connectivity index (χ1v) is 6.14. The van der Waals surface area contributed by atoms with E-state index >= 15 is 0 Å². The maximum Gasteiger partial charge on any atom is 0.312 e. The maximum atomic E-state index is 5.70. The van der Waals surface area contributed by atoms with E-state index in [4.69, 9.17) is 16.0 Å². The molecule has 2 rings (SSSR count). The van der Waals surface area contributed by atoms with Gasteiger partial charge in [-0.25, -0.2) is 0 Å². The Hall–Kier alpha value is -1.35. The molecule has 0 saturated carbocycles. The Morgan fingerprint density at radius 3 is 2.47 bits per heavy atom. The summed E-state index contributed by atoms with van der Waals surface area (Å²) in [7, 11) is 0. The molecule has 1 aromatic carbocycles. The van der Waals surface area contributed by atoms with Gasteiger partial charge in [0, 0.05) is 0 Å². The van der Waals surface area contributed by atoms with Crippen LogP contribution in [0.1, 0.15) is 37.6 Å². The number of benzene rings is 1. The zero-order valence-corrected chi connectivity index (χ0v) is 10.7. The molecule has 0 spiro atoms. The van der Waals surface area contributed by atoms with Crippen LogP contribution in [0.15, 0.2) is 34.7 Å². The molecule has 0 aliphatic carbocycles. The van der Waals surface area contributed by atoms with Crippen LogP contribution in [0.2, 0.25) is 5.35 Å². The summed E-state index contributed by atoms with van der Waals surface area (Å²) in [5.41, 5.74) is 1.18. The third-order valence-electron chi connectivity index (χ3n) is 3.05. The first kappa shape index (κ1) is 12.1. The van der Waals surface area contributed by atoms with Gasteiger partial charge in [-0.2, -0.15) is 0 Å². The molecular formula is C13H15ClN2O. The Balaban J connectivity index is 2.39. The molecule has 0 saturated heterocycles. The van der Waals surface area contributed by atoms with Gasteiger partial charge in [0.25, 0.3) is 0 Å². The minimum absolute atomic E-state index is 0.101. The van der Waals surface area contributed by atoms with Crippen molar-refractivity contribution in [3.8, 4) is 0 Å². The summed E-state index contributed by atoms with van der Waals surface area (Å²) < 4.78 is 5.37. The molecule has 3 nitrogen and oxygen atoms in total. The highest BCUT2D eigenvalue weighted by Gasteiger charge is 2.25. The summed E-state index contributed by atoms with van der Waals surface area (Å²) in [4.78, 5) is 0. The van der Waals surface area contributed by atoms with Gasteiger partial charge in [0.15, 0.2) is 0 Å². The molecule has 2 unspecified atom stereocenters. The molecule has 90 valence electrons. The molecule has 0 amide bonds. The summed E-state index contributed by atoms with van der Waals surface area (Å²) in [6, 6.07) is 10.2. The molecule has 0 aliphatic heterocycles. The zero-order valence-electron chi connectivity index (χ0n) is 9.93. The van der Waals surface area contributed by atoms with Crippen LogP contribution in [-0.2, 0) is 0 Å². The van der Waals surface area contributed by atoms with E-state index in [1.165, 1.54) is 5.56 Å². The largest absolute Gasteiger partial charge is 0.411 e. The van der Waals surface area contributed by atoms with Crippen molar-refractivity contribution >= 4 is 11.6 Å². The molecule has 2 aromatic rings. The van der Waals surface area contributed by atoms with Crippen LogP contribution in [0.5, 0.6) is 0 Å². The van der Waals surface area contributed by atoms with Crippen molar-refractivity contribution in [3.63, 3.8) is 0 Å². The monoisotopic (exact) mass is 250 g/mol. The van der Waals surface area contributed by atoms with E-state index in [1.807, 2.05) is 18.2 Å².